The van der Waals surface area contributed by atoms with E-state index in [1.165, 1.54) is 7.11 Å². The fourth-order valence-electron chi connectivity index (χ4n) is 2.50. The lowest BCUT2D eigenvalue weighted by molar-refractivity contribution is -0.141. The van der Waals surface area contributed by atoms with Crippen LogP contribution in [0.5, 0.6) is 0 Å². The third-order valence-corrected chi connectivity index (χ3v) is 4.49. The minimum absolute atomic E-state index is 0.0235. The largest absolute Gasteiger partial charge is 0.469 e. The topological polar surface area (TPSA) is 84.5 Å². The van der Waals surface area contributed by atoms with Crippen LogP contribution in [0.1, 0.15) is 49.2 Å². The number of benzene rings is 2. The second-order valence-electron chi connectivity index (χ2n) is 7.64. The maximum atomic E-state index is 12.8. The Balaban J connectivity index is 2.20. The first-order valence-corrected chi connectivity index (χ1v) is 9.52. The lowest BCUT2D eigenvalue weighted by Gasteiger charge is -2.20. The van der Waals surface area contributed by atoms with Gasteiger partial charge in [-0.05, 0) is 35.9 Å². The van der Waals surface area contributed by atoms with Gasteiger partial charge in [-0.3, -0.25) is 14.4 Å². The molecule has 1 unspecified atom stereocenters. The van der Waals surface area contributed by atoms with Gasteiger partial charge >= 0.3 is 5.97 Å². The second-order valence-corrected chi connectivity index (χ2v) is 8.08. The van der Waals surface area contributed by atoms with E-state index in [2.05, 4.69) is 10.6 Å². The van der Waals surface area contributed by atoms with Crippen LogP contribution in [0.4, 0.5) is 5.69 Å². The van der Waals surface area contributed by atoms with Gasteiger partial charge in [0.1, 0.15) is 0 Å². The van der Waals surface area contributed by atoms with Crippen molar-refractivity contribution in [2.75, 3.05) is 12.4 Å². The van der Waals surface area contributed by atoms with Gasteiger partial charge in [0.2, 0.25) is 5.91 Å². The van der Waals surface area contributed by atoms with E-state index in [1.807, 2.05) is 20.8 Å². The Hall–Kier alpha value is -2.86. The predicted molar refractivity (Wildman–Crippen MR) is 113 cm³/mol. The molecule has 0 bridgehead atoms. The molecule has 1 atom stereocenters. The van der Waals surface area contributed by atoms with Gasteiger partial charge in [-0.1, -0.05) is 50.6 Å². The summed E-state index contributed by atoms with van der Waals surface area (Å²) in [6, 6.07) is 12.9. The molecule has 0 aliphatic heterocycles. The summed E-state index contributed by atoms with van der Waals surface area (Å²) in [5.74, 6) is -0.975. The van der Waals surface area contributed by atoms with Crippen LogP contribution in [0, 0.1) is 5.41 Å². The number of rotatable bonds is 6. The van der Waals surface area contributed by atoms with Crippen molar-refractivity contribution in [1.82, 2.24) is 5.32 Å². The Morgan fingerprint density at radius 2 is 1.72 bits per heavy atom. The summed E-state index contributed by atoms with van der Waals surface area (Å²) in [5, 5.41) is 6.21. The number of methoxy groups -OCH3 is 1. The average Bonchev–Trinajstić information content (AvgIpc) is 2.67. The molecule has 0 aromatic heterocycles. The molecule has 154 valence electrons. The summed E-state index contributed by atoms with van der Waals surface area (Å²) in [4.78, 5) is 36.8. The molecule has 0 saturated heterocycles. The van der Waals surface area contributed by atoms with Gasteiger partial charge in [0.05, 0.1) is 19.6 Å². The zero-order valence-electron chi connectivity index (χ0n) is 16.9. The van der Waals surface area contributed by atoms with E-state index in [1.54, 1.807) is 48.5 Å². The SMILES string of the molecule is COC(=O)CC(NC(=O)c1cccc(NC(=O)C(C)(C)C)c1)c1ccc(Cl)cc1. The molecule has 0 aliphatic carbocycles. The number of anilines is 1. The van der Waals surface area contributed by atoms with Gasteiger partial charge in [0, 0.05) is 21.7 Å². The van der Waals surface area contributed by atoms with Crippen molar-refractivity contribution in [1.29, 1.82) is 0 Å². The van der Waals surface area contributed by atoms with Crippen molar-refractivity contribution in [3.8, 4) is 0 Å². The van der Waals surface area contributed by atoms with Crippen LogP contribution in [-0.4, -0.2) is 24.9 Å². The lowest BCUT2D eigenvalue weighted by Crippen LogP contribution is -2.31. The highest BCUT2D eigenvalue weighted by Gasteiger charge is 2.22. The highest BCUT2D eigenvalue weighted by atomic mass is 35.5. The van der Waals surface area contributed by atoms with Gasteiger partial charge in [-0.25, -0.2) is 0 Å². The molecular weight excluding hydrogens is 392 g/mol. The standard InChI is InChI=1S/C22H25ClN2O4/c1-22(2,3)21(28)24-17-7-5-6-15(12-17)20(27)25-18(13-19(26)29-4)14-8-10-16(23)11-9-14/h5-12,18H,13H2,1-4H3,(H,24,28)(H,25,27). The van der Waals surface area contributed by atoms with Crippen LogP contribution in [-0.2, 0) is 14.3 Å². The maximum Gasteiger partial charge on any atom is 0.307 e. The second kappa shape index (κ2) is 9.56. The molecule has 7 heteroatoms. The molecule has 2 rings (SSSR count). The van der Waals surface area contributed by atoms with Gasteiger partial charge in [-0.15, -0.1) is 0 Å². The number of esters is 1. The van der Waals surface area contributed by atoms with E-state index in [-0.39, 0.29) is 18.2 Å². The van der Waals surface area contributed by atoms with Crippen molar-refractivity contribution in [3.63, 3.8) is 0 Å². The van der Waals surface area contributed by atoms with Crippen LogP contribution in [0.15, 0.2) is 48.5 Å². The van der Waals surface area contributed by atoms with Crippen LogP contribution in [0.2, 0.25) is 5.02 Å². The number of hydrogen-bond donors (Lipinski definition) is 2. The number of nitrogens with one attached hydrogen (secondary N) is 2. The minimum Gasteiger partial charge on any atom is -0.469 e. The van der Waals surface area contributed by atoms with E-state index in [0.717, 1.165) is 5.56 Å². The summed E-state index contributed by atoms with van der Waals surface area (Å²) >= 11 is 5.93. The van der Waals surface area contributed by atoms with Crippen molar-refractivity contribution in [2.24, 2.45) is 5.41 Å². The fourth-order valence-corrected chi connectivity index (χ4v) is 2.62. The summed E-state index contributed by atoms with van der Waals surface area (Å²) in [7, 11) is 1.30. The molecule has 29 heavy (non-hydrogen) atoms. The molecule has 0 saturated carbocycles. The van der Waals surface area contributed by atoms with Crippen LogP contribution in [0.25, 0.3) is 0 Å². The summed E-state index contributed by atoms with van der Waals surface area (Å²) in [6.45, 7) is 5.42. The number of hydrogen-bond acceptors (Lipinski definition) is 4. The van der Waals surface area contributed by atoms with Crippen LogP contribution < -0.4 is 10.6 Å². The summed E-state index contributed by atoms with van der Waals surface area (Å²) in [5.41, 5.74) is 1.05. The molecule has 6 nitrogen and oxygen atoms in total. The van der Waals surface area contributed by atoms with E-state index >= 15 is 0 Å². The first kappa shape index (κ1) is 22.4. The van der Waals surface area contributed by atoms with Crippen LogP contribution in [0.3, 0.4) is 0 Å². The quantitative estimate of drug-likeness (QED) is 0.685. The average molecular weight is 417 g/mol. The molecule has 0 radical (unpaired) electrons. The molecule has 0 fully saturated rings. The molecule has 0 heterocycles. The van der Waals surface area contributed by atoms with Crippen LogP contribution >= 0.6 is 11.6 Å². The van der Waals surface area contributed by atoms with Gasteiger partial charge < -0.3 is 15.4 Å². The first-order chi connectivity index (χ1) is 13.6. The van der Waals surface area contributed by atoms with Crippen molar-refractivity contribution >= 4 is 35.1 Å². The van der Waals surface area contributed by atoms with Gasteiger partial charge in [0.25, 0.3) is 5.91 Å². The van der Waals surface area contributed by atoms with E-state index in [9.17, 15) is 14.4 Å². The molecule has 2 aromatic rings. The zero-order chi connectivity index (χ0) is 21.6. The van der Waals surface area contributed by atoms with Crippen molar-refractivity contribution in [2.45, 2.75) is 33.2 Å². The molecule has 2 aromatic carbocycles. The molecule has 0 aliphatic rings. The number of carbonyl (C=O) groups is 3. The summed E-state index contributed by atoms with van der Waals surface area (Å²) in [6.07, 6.45) is -0.0235. The van der Waals surface area contributed by atoms with Crippen molar-refractivity contribution < 1.29 is 19.1 Å². The highest BCUT2D eigenvalue weighted by Crippen LogP contribution is 2.22. The Morgan fingerprint density at radius 3 is 2.31 bits per heavy atom. The van der Waals surface area contributed by atoms with Gasteiger partial charge in [0.15, 0.2) is 0 Å². The highest BCUT2D eigenvalue weighted by molar-refractivity contribution is 6.30. The number of amides is 2. The van der Waals surface area contributed by atoms with Gasteiger partial charge in [-0.2, -0.15) is 0 Å². The Labute approximate surface area is 175 Å². The minimum atomic E-state index is -0.583. The number of halogens is 1. The smallest absolute Gasteiger partial charge is 0.307 e. The lowest BCUT2D eigenvalue weighted by atomic mass is 9.95. The number of carbonyl (C=O) groups excluding carboxylic acids is 3. The summed E-state index contributed by atoms with van der Waals surface area (Å²) < 4.78 is 4.74. The Kier molecular flexibility index (Phi) is 7.40. The van der Waals surface area contributed by atoms with E-state index < -0.39 is 17.4 Å². The van der Waals surface area contributed by atoms with E-state index in [0.29, 0.717) is 16.3 Å². The molecule has 2 amide bonds. The monoisotopic (exact) mass is 416 g/mol. The zero-order valence-corrected chi connectivity index (χ0v) is 17.7. The third kappa shape index (κ3) is 6.61. The van der Waals surface area contributed by atoms with Crippen molar-refractivity contribution in [3.05, 3.63) is 64.7 Å². The fraction of sp³-hybridized carbons (Fsp3) is 0.318. The third-order valence-electron chi connectivity index (χ3n) is 4.24. The Morgan fingerprint density at radius 1 is 1.07 bits per heavy atom. The normalized spacial score (nSPS) is 12.0. The molecular formula is C22H25ClN2O4. The molecule has 2 N–H and O–H groups in total. The molecule has 0 spiro atoms. The predicted octanol–water partition coefficient (Wildman–Crippen LogP) is 4.36. The number of ether oxygens (including phenoxy) is 1. The maximum absolute atomic E-state index is 12.8. The Bertz CT molecular complexity index is 888. The van der Waals surface area contributed by atoms with E-state index in [4.69, 9.17) is 16.3 Å². The first-order valence-electron chi connectivity index (χ1n) is 9.15.